The number of ether oxygens (including phenoxy) is 1. The van der Waals surface area contributed by atoms with Crippen molar-refractivity contribution in [2.24, 2.45) is 0 Å². The first-order valence-corrected chi connectivity index (χ1v) is 6.77. The molecule has 0 saturated heterocycles. The average molecular weight is 313 g/mol. The molecule has 5 heteroatoms. The molecule has 0 radical (unpaired) electrons. The largest absolute Gasteiger partial charge is 0.496 e. The lowest BCUT2D eigenvalue weighted by Crippen LogP contribution is -2.03. The Morgan fingerprint density at radius 2 is 1.71 bits per heavy atom. The van der Waals surface area contributed by atoms with Gasteiger partial charge in [0.05, 0.1) is 13.2 Å². The van der Waals surface area contributed by atoms with Crippen molar-refractivity contribution >= 4 is 11.6 Å². The van der Waals surface area contributed by atoms with Crippen molar-refractivity contribution in [2.75, 3.05) is 7.11 Å². The number of benzene rings is 2. The first-order chi connectivity index (χ1) is 10.0. The van der Waals surface area contributed by atoms with Crippen LogP contribution in [0.4, 0.5) is 8.78 Å². The zero-order valence-electron chi connectivity index (χ0n) is 11.4. The summed E-state index contributed by atoms with van der Waals surface area (Å²) in [4.78, 5) is 0. The summed E-state index contributed by atoms with van der Waals surface area (Å²) in [6.45, 7) is 0. The van der Waals surface area contributed by atoms with Gasteiger partial charge in [0.15, 0.2) is 0 Å². The Balaban J connectivity index is 2.17. The third kappa shape index (κ3) is 3.93. The fourth-order valence-electron chi connectivity index (χ4n) is 2.10. The fraction of sp³-hybridized carbons (Fsp3) is 0.250. The van der Waals surface area contributed by atoms with Gasteiger partial charge in [-0.25, -0.2) is 8.78 Å². The van der Waals surface area contributed by atoms with Gasteiger partial charge in [-0.2, -0.15) is 0 Å². The van der Waals surface area contributed by atoms with E-state index in [0.29, 0.717) is 16.3 Å². The van der Waals surface area contributed by atoms with E-state index in [9.17, 15) is 13.9 Å². The Morgan fingerprint density at radius 1 is 1.10 bits per heavy atom. The minimum absolute atomic E-state index is 0.0636. The highest BCUT2D eigenvalue weighted by atomic mass is 35.5. The van der Waals surface area contributed by atoms with Crippen LogP contribution in [-0.4, -0.2) is 12.2 Å². The summed E-state index contributed by atoms with van der Waals surface area (Å²) in [6, 6.07) is 10.8. The molecular weight excluding hydrogens is 298 g/mol. The predicted octanol–water partition coefficient (Wildman–Crippen LogP) is 4.56. The zero-order chi connectivity index (χ0) is 15.4. The second kappa shape index (κ2) is 6.87. The van der Waals surface area contributed by atoms with Crippen LogP contribution < -0.4 is 4.74 Å². The van der Waals surface area contributed by atoms with E-state index < -0.39 is 12.5 Å². The molecule has 112 valence electrons. The highest BCUT2D eigenvalue weighted by molar-refractivity contribution is 6.30. The summed E-state index contributed by atoms with van der Waals surface area (Å²) in [5.74, 6) is 0.627. The third-order valence-electron chi connectivity index (χ3n) is 3.23. The van der Waals surface area contributed by atoms with E-state index in [-0.39, 0.29) is 12.0 Å². The van der Waals surface area contributed by atoms with E-state index >= 15 is 0 Å². The summed E-state index contributed by atoms with van der Waals surface area (Å²) in [5.41, 5.74) is 1.27. The smallest absolute Gasteiger partial charge is 0.263 e. The quantitative estimate of drug-likeness (QED) is 0.877. The number of hydrogen-bond acceptors (Lipinski definition) is 2. The van der Waals surface area contributed by atoms with Gasteiger partial charge in [-0.15, -0.1) is 0 Å². The number of alkyl halides is 2. The normalized spacial score (nSPS) is 12.5. The number of rotatable bonds is 5. The fourth-order valence-corrected chi connectivity index (χ4v) is 2.29. The second-order valence-electron chi connectivity index (χ2n) is 4.64. The number of aliphatic hydroxyl groups excluding tert-OH is 1. The number of aliphatic hydroxyl groups is 1. The molecule has 2 rings (SSSR count). The molecule has 1 atom stereocenters. The predicted molar refractivity (Wildman–Crippen MR) is 78.1 cm³/mol. The van der Waals surface area contributed by atoms with Crippen molar-refractivity contribution in [3.05, 3.63) is 64.2 Å². The van der Waals surface area contributed by atoms with E-state index in [4.69, 9.17) is 16.3 Å². The van der Waals surface area contributed by atoms with Gasteiger partial charge >= 0.3 is 0 Å². The maximum atomic E-state index is 12.5. The van der Waals surface area contributed by atoms with Crippen LogP contribution in [0.15, 0.2) is 42.5 Å². The minimum atomic E-state index is -2.51. The van der Waals surface area contributed by atoms with E-state index in [1.807, 2.05) is 0 Å². The van der Waals surface area contributed by atoms with E-state index in [2.05, 4.69) is 0 Å². The molecule has 1 unspecified atom stereocenters. The van der Waals surface area contributed by atoms with Gasteiger partial charge in [0.1, 0.15) is 5.75 Å². The first-order valence-electron chi connectivity index (χ1n) is 6.39. The molecule has 2 aromatic rings. The molecule has 2 nitrogen and oxygen atoms in total. The van der Waals surface area contributed by atoms with Crippen LogP contribution in [-0.2, 0) is 6.42 Å². The molecule has 0 aliphatic rings. The summed E-state index contributed by atoms with van der Waals surface area (Å²) in [5, 5.41) is 10.8. The standard InChI is InChI=1S/C16H15ClF2O2/c1-21-15-7-6-13(17)8-12(15)9-14(20)10-2-4-11(5-3-10)16(18)19/h2-8,14,16,20H,9H2,1H3. The van der Waals surface area contributed by atoms with Crippen molar-refractivity contribution in [1.82, 2.24) is 0 Å². The molecule has 0 aliphatic carbocycles. The molecule has 0 heterocycles. The molecule has 2 aromatic carbocycles. The van der Waals surface area contributed by atoms with Gasteiger partial charge in [-0.1, -0.05) is 35.9 Å². The van der Waals surface area contributed by atoms with Gasteiger partial charge in [0, 0.05) is 17.0 Å². The topological polar surface area (TPSA) is 29.5 Å². The summed E-state index contributed by atoms with van der Waals surface area (Å²) >= 11 is 5.94. The maximum Gasteiger partial charge on any atom is 0.263 e. The Labute approximate surface area is 126 Å². The summed E-state index contributed by atoms with van der Waals surface area (Å²) in [7, 11) is 1.54. The van der Waals surface area contributed by atoms with Gasteiger partial charge in [0.25, 0.3) is 6.43 Å². The SMILES string of the molecule is COc1ccc(Cl)cc1CC(O)c1ccc(C(F)F)cc1. The van der Waals surface area contributed by atoms with Crippen molar-refractivity contribution in [2.45, 2.75) is 19.0 Å². The van der Waals surface area contributed by atoms with E-state index in [0.717, 1.165) is 5.56 Å². The van der Waals surface area contributed by atoms with Crippen LogP contribution >= 0.6 is 11.6 Å². The van der Waals surface area contributed by atoms with Crippen LogP contribution in [0.1, 0.15) is 29.2 Å². The Kier molecular flexibility index (Phi) is 5.15. The van der Waals surface area contributed by atoms with Crippen molar-refractivity contribution in [1.29, 1.82) is 0 Å². The molecule has 0 aromatic heterocycles. The molecule has 0 spiro atoms. The van der Waals surface area contributed by atoms with Crippen LogP contribution in [0.25, 0.3) is 0 Å². The van der Waals surface area contributed by atoms with Gasteiger partial charge in [0.2, 0.25) is 0 Å². The van der Waals surface area contributed by atoms with Gasteiger partial charge in [-0.05, 0) is 29.3 Å². The second-order valence-corrected chi connectivity index (χ2v) is 5.08. The Bertz CT molecular complexity index is 600. The first kappa shape index (κ1) is 15.7. The van der Waals surface area contributed by atoms with Crippen molar-refractivity contribution < 1.29 is 18.6 Å². The molecule has 0 saturated carbocycles. The van der Waals surface area contributed by atoms with E-state index in [1.54, 1.807) is 18.2 Å². The highest BCUT2D eigenvalue weighted by Crippen LogP contribution is 2.28. The zero-order valence-corrected chi connectivity index (χ0v) is 12.1. The lowest BCUT2D eigenvalue weighted by molar-refractivity contribution is 0.151. The number of methoxy groups -OCH3 is 1. The Hall–Kier alpha value is -1.65. The number of halogens is 3. The van der Waals surface area contributed by atoms with E-state index in [1.165, 1.54) is 31.4 Å². The molecule has 1 N–H and O–H groups in total. The van der Waals surface area contributed by atoms with Crippen molar-refractivity contribution in [3.63, 3.8) is 0 Å². The molecular formula is C16H15ClF2O2. The van der Waals surface area contributed by atoms with Crippen LogP contribution in [0.5, 0.6) is 5.75 Å². The molecule has 0 amide bonds. The Morgan fingerprint density at radius 3 is 2.29 bits per heavy atom. The average Bonchev–Trinajstić information content (AvgIpc) is 2.47. The number of hydrogen-bond donors (Lipinski definition) is 1. The lowest BCUT2D eigenvalue weighted by Gasteiger charge is -2.14. The molecule has 0 aliphatic heterocycles. The third-order valence-corrected chi connectivity index (χ3v) is 3.46. The molecule has 0 bridgehead atoms. The monoisotopic (exact) mass is 312 g/mol. The van der Waals surface area contributed by atoms with Crippen LogP contribution in [0, 0.1) is 0 Å². The van der Waals surface area contributed by atoms with Crippen LogP contribution in [0.3, 0.4) is 0 Å². The summed E-state index contributed by atoms with van der Waals surface area (Å²) < 4.78 is 30.2. The lowest BCUT2D eigenvalue weighted by atomic mass is 10.00. The van der Waals surface area contributed by atoms with Gasteiger partial charge < -0.3 is 9.84 Å². The van der Waals surface area contributed by atoms with Crippen molar-refractivity contribution in [3.8, 4) is 5.75 Å². The van der Waals surface area contributed by atoms with Gasteiger partial charge in [-0.3, -0.25) is 0 Å². The molecule has 21 heavy (non-hydrogen) atoms. The molecule has 0 fully saturated rings. The van der Waals surface area contributed by atoms with Crippen LogP contribution in [0.2, 0.25) is 5.02 Å². The minimum Gasteiger partial charge on any atom is -0.496 e. The summed E-state index contributed by atoms with van der Waals surface area (Å²) in [6.07, 6.45) is -3.04. The maximum absolute atomic E-state index is 12.5. The highest BCUT2D eigenvalue weighted by Gasteiger charge is 2.14.